The SMILES string of the molecule is CCOC(=O)c1[nH]c2c(-c3c(COC)[nH][n+](C)c3CO)cccc2c1CCCOc1cccc2ccccc12. The zero-order valence-electron chi connectivity index (χ0n) is 22.5. The molecule has 0 saturated carbocycles. The molecular weight excluding hydrogens is 494 g/mol. The molecule has 2 aromatic heterocycles. The van der Waals surface area contributed by atoms with Crippen LogP contribution in [0.15, 0.2) is 60.7 Å². The highest BCUT2D eigenvalue weighted by molar-refractivity contribution is 6.04. The van der Waals surface area contributed by atoms with Crippen LogP contribution in [0, 0.1) is 0 Å². The molecule has 3 N–H and O–H groups in total. The van der Waals surface area contributed by atoms with Gasteiger partial charge in [-0.2, -0.15) is 5.10 Å². The van der Waals surface area contributed by atoms with Gasteiger partial charge in [-0.25, -0.2) is 4.79 Å². The van der Waals surface area contributed by atoms with Crippen molar-refractivity contribution in [1.82, 2.24) is 10.1 Å². The number of carbonyl (C=O) groups is 1. The molecule has 0 unspecified atom stereocenters. The second-order valence-corrected chi connectivity index (χ2v) is 9.42. The normalized spacial score (nSPS) is 11.4. The largest absolute Gasteiger partial charge is 0.493 e. The number of carbonyl (C=O) groups excluding carboxylic acids is 1. The number of rotatable bonds is 11. The van der Waals surface area contributed by atoms with Crippen LogP contribution < -0.4 is 9.42 Å². The maximum atomic E-state index is 13.0. The third-order valence-corrected chi connectivity index (χ3v) is 7.00. The van der Waals surface area contributed by atoms with Crippen molar-refractivity contribution in [1.29, 1.82) is 0 Å². The third kappa shape index (κ3) is 5.13. The first-order chi connectivity index (χ1) is 19.1. The molecule has 2 heterocycles. The number of methoxy groups -OCH3 is 1. The van der Waals surface area contributed by atoms with Crippen molar-refractivity contribution < 1.29 is 28.8 Å². The number of fused-ring (bicyclic) bond motifs is 2. The number of aliphatic hydroxyl groups is 1. The van der Waals surface area contributed by atoms with Gasteiger partial charge in [-0.05, 0) is 36.8 Å². The quantitative estimate of drug-likeness (QED) is 0.128. The standard InChI is InChI=1S/C31H33N3O5/c1-4-38-31(36)30-23(15-9-17-39-27-16-7-11-20-10-5-6-12-21(20)27)22-13-8-14-24(29(22)32-30)28-25(19-37-3)33-34(2)26(28)18-35/h5-8,10-14,16,35H,4,9,15,17-19H2,1-3H3,(H,32,36)/p+1. The minimum absolute atomic E-state index is 0.147. The van der Waals surface area contributed by atoms with Gasteiger partial charge in [0.25, 0.3) is 0 Å². The fourth-order valence-corrected chi connectivity index (χ4v) is 5.29. The Kier molecular flexibility index (Phi) is 7.95. The molecule has 8 nitrogen and oxygen atoms in total. The van der Waals surface area contributed by atoms with E-state index in [0.717, 1.165) is 55.5 Å². The number of esters is 1. The molecule has 5 rings (SSSR count). The molecule has 202 valence electrons. The summed E-state index contributed by atoms with van der Waals surface area (Å²) in [5.74, 6) is 0.464. The molecule has 0 aliphatic carbocycles. The highest BCUT2D eigenvalue weighted by Crippen LogP contribution is 2.36. The minimum Gasteiger partial charge on any atom is -0.493 e. The average Bonchev–Trinajstić information content (AvgIpc) is 3.48. The lowest BCUT2D eigenvalue weighted by Gasteiger charge is -2.10. The van der Waals surface area contributed by atoms with Gasteiger partial charge in [0.05, 0.1) is 30.9 Å². The summed E-state index contributed by atoms with van der Waals surface area (Å²) in [7, 11) is 3.49. The van der Waals surface area contributed by atoms with Crippen LogP contribution in [0.2, 0.25) is 0 Å². The molecule has 0 amide bonds. The van der Waals surface area contributed by atoms with Crippen LogP contribution in [0.25, 0.3) is 32.8 Å². The Balaban J connectivity index is 1.49. The Morgan fingerprint density at radius 3 is 2.59 bits per heavy atom. The molecule has 0 atom stereocenters. The van der Waals surface area contributed by atoms with Gasteiger partial charge >= 0.3 is 5.97 Å². The van der Waals surface area contributed by atoms with Gasteiger partial charge in [-0.1, -0.05) is 54.6 Å². The summed E-state index contributed by atoms with van der Waals surface area (Å²) in [5.41, 5.74) is 5.46. The Morgan fingerprint density at radius 2 is 1.79 bits per heavy atom. The molecule has 3 aromatic carbocycles. The van der Waals surface area contributed by atoms with Crippen molar-refractivity contribution in [2.24, 2.45) is 7.05 Å². The summed E-state index contributed by atoms with van der Waals surface area (Å²) in [4.78, 5) is 16.4. The zero-order valence-corrected chi connectivity index (χ0v) is 22.5. The molecule has 0 fully saturated rings. The Bertz CT molecular complexity index is 1610. The number of hydrogen-bond acceptors (Lipinski definition) is 5. The molecule has 8 heteroatoms. The van der Waals surface area contributed by atoms with Crippen LogP contribution in [0.4, 0.5) is 0 Å². The van der Waals surface area contributed by atoms with Gasteiger partial charge in [-0.3, -0.25) is 0 Å². The van der Waals surface area contributed by atoms with E-state index in [1.165, 1.54) is 0 Å². The van der Waals surface area contributed by atoms with E-state index in [2.05, 4.69) is 28.3 Å². The van der Waals surface area contributed by atoms with Crippen LogP contribution >= 0.6 is 0 Å². The third-order valence-electron chi connectivity index (χ3n) is 7.00. The average molecular weight is 529 g/mol. The lowest BCUT2D eigenvalue weighted by Crippen LogP contribution is -2.34. The number of hydrogen-bond donors (Lipinski definition) is 3. The second-order valence-electron chi connectivity index (χ2n) is 9.42. The summed E-state index contributed by atoms with van der Waals surface area (Å²) < 4.78 is 18.8. The summed E-state index contributed by atoms with van der Waals surface area (Å²) in [6, 6.07) is 20.2. The molecule has 0 saturated heterocycles. The van der Waals surface area contributed by atoms with Gasteiger partial charge in [0.15, 0.2) is 7.05 Å². The Hall–Kier alpha value is -4.14. The van der Waals surface area contributed by atoms with E-state index in [0.29, 0.717) is 31.7 Å². The first-order valence-electron chi connectivity index (χ1n) is 13.2. The first-order valence-corrected chi connectivity index (χ1v) is 13.2. The number of H-pyrrole nitrogens is 2. The number of aromatic amines is 2. The Labute approximate surface area is 227 Å². The minimum atomic E-state index is -0.385. The number of aromatic nitrogens is 3. The molecular formula is C31H34N3O5+. The number of aliphatic hydroxyl groups excluding tert-OH is 1. The summed E-state index contributed by atoms with van der Waals surface area (Å²) in [6.45, 7) is 2.79. The zero-order chi connectivity index (χ0) is 27.4. The van der Waals surface area contributed by atoms with Gasteiger partial charge in [-0.15, -0.1) is 4.68 Å². The maximum Gasteiger partial charge on any atom is 0.355 e. The van der Waals surface area contributed by atoms with E-state index >= 15 is 0 Å². The van der Waals surface area contributed by atoms with Crippen molar-refractivity contribution >= 4 is 27.6 Å². The van der Waals surface area contributed by atoms with Crippen molar-refractivity contribution in [3.63, 3.8) is 0 Å². The number of benzene rings is 3. The predicted octanol–water partition coefficient (Wildman–Crippen LogP) is 4.97. The molecule has 0 aliphatic heterocycles. The number of aryl methyl sites for hydroxylation is 2. The van der Waals surface area contributed by atoms with Crippen molar-refractivity contribution in [3.8, 4) is 16.9 Å². The van der Waals surface area contributed by atoms with Crippen LogP contribution in [0.1, 0.15) is 40.8 Å². The lowest BCUT2D eigenvalue weighted by molar-refractivity contribution is -0.735. The Morgan fingerprint density at radius 1 is 1.03 bits per heavy atom. The fourth-order valence-electron chi connectivity index (χ4n) is 5.29. The molecule has 0 aliphatic rings. The summed E-state index contributed by atoms with van der Waals surface area (Å²) in [6.07, 6.45) is 1.34. The molecule has 0 bridgehead atoms. The molecule has 5 aromatic rings. The van der Waals surface area contributed by atoms with Gasteiger partial charge in [0, 0.05) is 23.4 Å². The van der Waals surface area contributed by atoms with Gasteiger partial charge < -0.3 is 24.3 Å². The number of para-hydroxylation sites is 1. The first kappa shape index (κ1) is 26.5. The van der Waals surface area contributed by atoms with E-state index < -0.39 is 0 Å². The molecule has 0 radical (unpaired) electrons. The van der Waals surface area contributed by atoms with E-state index in [1.807, 2.05) is 49.5 Å². The van der Waals surface area contributed by atoms with E-state index in [1.54, 1.807) is 18.7 Å². The highest BCUT2D eigenvalue weighted by Gasteiger charge is 2.27. The van der Waals surface area contributed by atoms with Gasteiger partial charge in [0.1, 0.15) is 23.7 Å². The van der Waals surface area contributed by atoms with E-state index in [9.17, 15) is 9.90 Å². The number of nitrogens with one attached hydrogen (secondary N) is 2. The molecule has 39 heavy (non-hydrogen) atoms. The fraction of sp³-hybridized carbons (Fsp3) is 0.290. The van der Waals surface area contributed by atoms with Crippen molar-refractivity contribution in [2.75, 3.05) is 20.3 Å². The van der Waals surface area contributed by atoms with Crippen LogP contribution in [0.3, 0.4) is 0 Å². The predicted molar refractivity (Wildman–Crippen MR) is 150 cm³/mol. The second kappa shape index (κ2) is 11.7. The van der Waals surface area contributed by atoms with Crippen LogP contribution in [-0.2, 0) is 36.2 Å². The number of ether oxygens (including phenoxy) is 3. The topological polar surface area (TPSA) is 100 Å². The highest BCUT2D eigenvalue weighted by atomic mass is 16.5. The molecule has 0 spiro atoms. The van der Waals surface area contributed by atoms with E-state index in [-0.39, 0.29) is 19.2 Å². The number of nitrogens with zero attached hydrogens (tertiary/aromatic N) is 1. The lowest BCUT2D eigenvalue weighted by atomic mass is 9.98. The summed E-state index contributed by atoms with van der Waals surface area (Å²) >= 11 is 0. The van der Waals surface area contributed by atoms with Gasteiger partial charge in [0.2, 0.25) is 5.69 Å². The smallest absolute Gasteiger partial charge is 0.355 e. The van der Waals surface area contributed by atoms with Crippen molar-refractivity contribution in [3.05, 3.63) is 83.3 Å². The van der Waals surface area contributed by atoms with Crippen LogP contribution in [0.5, 0.6) is 5.75 Å². The van der Waals surface area contributed by atoms with Crippen molar-refractivity contribution in [2.45, 2.75) is 33.0 Å². The monoisotopic (exact) mass is 528 g/mol. The summed E-state index contributed by atoms with van der Waals surface area (Å²) in [5, 5.41) is 16.6. The van der Waals surface area contributed by atoms with E-state index in [4.69, 9.17) is 14.2 Å². The maximum absolute atomic E-state index is 13.0. The van der Waals surface area contributed by atoms with Crippen LogP contribution in [-0.4, -0.2) is 41.5 Å².